The molecule has 0 spiro atoms. The number of carbonyl (C=O) groups excluding carboxylic acids is 1. The van der Waals surface area contributed by atoms with Crippen LogP contribution in [0.1, 0.15) is 30.4 Å². The highest BCUT2D eigenvalue weighted by Crippen LogP contribution is 2.16. The summed E-state index contributed by atoms with van der Waals surface area (Å²) in [6, 6.07) is 17.8. The summed E-state index contributed by atoms with van der Waals surface area (Å²) < 4.78 is 5.37. The first-order valence-electron chi connectivity index (χ1n) is 9.57. The van der Waals surface area contributed by atoms with Crippen molar-refractivity contribution in [3.8, 4) is 11.4 Å². The Morgan fingerprint density at radius 1 is 1.07 bits per heavy atom. The van der Waals surface area contributed by atoms with E-state index in [9.17, 15) is 4.79 Å². The Kier molecular flexibility index (Phi) is 6.73. The van der Waals surface area contributed by atoms with Gasteiger partial charge in [0.1, 0.15) is 0 Å². The Morgan fingerprint density at radius 3 is 2.54 bits per heavy atom. The summed E-state index contributed by atoms with van der Waals surface area (Å²) in [5.74, 6) is 1.10. The number of hydrogen-bond acceptors (Lipinski definition) is 4. The molecule has 0 saturated heterocycles. The van der Waals surface area contributed by atoms with Gasteiger partial charge in [-0.3, -0.25) is 4.79 Å². The minimum atomic E-state index is -0.0102. The van der Waals surface area contributed by atoms with Gasteiger partial charge in [-0.05, 0) is 25.0 Å². The number of aryl methyl sites for hydroxylation is 1. The summed E-state index contributed by atoms with van der Waals surface area (Å²) in [6.45, 7) is 5.33. The molecule has 1 heterocycles. The van der Waals surface area contributed by atoms with Crippen molar-refractivity contribution in [2.75, 3.05) is 13.1 Å². The van der Waals surface area contributed by atoms with E-state index in [2.05, 4.69) is 17.1 Å². The van der Waals surface area contributed by atoms with Gasteiger partial charge in [-0.2, -0.15) is 4.98 Å². The molecule has 0 bridgehead atoms. The monoisotopic (exact) mass is 375 g/mol. The van der Waals surface area contributed by atoms with Crippen molar-refractivity contribution in [2.45, 2.75) is 26.7 Å². The molecule has 0 aliphatic rings. The maximum atomic E-state index is 12.6. The van der Waals surface area contributed by atoms with Gasteiger partial charge in [0, 0.05) is 31.1 Å². The second-order valence-corrected chi connectivity index (χ2v) is 6.70. The number of hydrogen-bond donors (Lipinski definition) is 0. The lowest BCUT2D eigenvalue weighted by molar-refractivity contribution is -0.126. The Bertz CT molecular complexity index is 915. The van der Waals surface area contributed by atoms with Crippen molar-refractivity contribution in [3.05, 3.63) is 77.7 Å². The third-order valence-electron chi connectivity index (χ3n) is 4.40. The summed E-state index contributed by atoms with van der Waals surface area (Å²) in [7, 11) is 0. The van der Waals surface area contributed by atoms with Crippen LogP contribution in [0.5, 0.6) is 0 Å². The predicted octanol–water partition coefficient (Wildman–Crippen LogP) is 4.54. The van der Waals surface area contributed by atoms with Gasteiger partial charge >= 0.3 is 0 Å². The highest BCUT2D eigenvalue weighted by molar-refractivity contribution is 5.91. The standard InChI is InChI=1S/C23H25N3O2/c1-3-16-26(22(27)14-11-19-7-5-4-6-8-19)17-15-21-24-23(25-28-21)20-12-9-18(2)10-13-20/h4-14H,3,15-17H2,1-2H3/b14-11+. The number of nitrogens with zero attached hydrogens (tertiary/aromatic N) is 3. The van der Waals surface area contributed by atoms with Gasteiger partial charge in [-0.15, -0.1) is 0 Å². The molecular formula is C23H25N3O2. The SMILES string of the molecule is CCCN(CCc1nc(-c2ccc(C)cc2)no1)C(=O)/C=C/c1ccccc1. The molecule has 2 aromatic carbocycles. The number of aromatic nitrogens is 2. The van der Waals surface area contributed by atoms with Crippen molar-refractivity contribution in [1.82, 2.24) is 15.0 Å². The minimum Gasteiger partial charge on any atom is -0.339 e. The number of rotatable bonds is 8. The maximum Gasteiger partial charge on any atom is 0.246 e. The first-order valence-corrected chi connectivity index (χ1v) is 9.57. The molecule has 0 fully saturated rings. The molecule has 0 aliphatic heterocycles. The normalized spacial score (nSPS) is 11.1. The van der Waals surface area contributed by atoms with Gasteiger partial charge in [0.25, 0.3) is 0 Å². The van der Waals surface area contributed by atoms with Crippen LogP contribution in [0.15, 0.2) is 65.2 Å². The van der Waals surface area contributed by atoms with E-state index < -0.39 is 0 Å². The van der Waals surface area contributed by atoms with Gasteiger partial charge in [0.05, 0.1) is 0 Å². The average molecular weight is 375 g/mol. The summed E-state index contributed by atoms with van der Waals surface area (Å²) in [6.07, 6.45) is 4.89. The highest BCUT2D eigenvalue weighted by Gasteiger charge is 2.13. The van der Waals surface area contributed by atoms with E-state index in [-0.39, 0.29) is 5.91 Å². The Hall–Kier alpha value is -3.21. The molecule has 0 atom stereocenters. The Balaban J connectivity index is 1.61. The van der Waals surface area contributed by atoms with Gasteiger partial charge in [0.2, 0.25) is 17.6 Å². The van der Waals surface area contributed by atoms with E-state index in [4.69, 9.17) is 4.52 Å². The van der Waals surface area contributed by atoms with Crippen LogP contribution in [0.2, 0.25) is 0 Å². The van der Waals surface area contributed by atoms with Crippen molar-refractivity contribution < 1.29 is 9.32 Å². The third kappa shape index (κ3) is 5.39. The molecule has 28 heavy (non-hydrogen) atoms. The molecule has 0 saturated carbocycles. The van der Waals surface area contributed by atoms with E-state index in [1.165, 1.54) is 5.56 Å². The van der Waals surface area contributed by atoms with Crippen LogP contribution in [0.3, 0.4) is 0 Å². The van der Waals surface area contributed by atoms with E-state index in [1.807, 2.05) is 72.5 Å². The molecule has 1 aromatic heterocycles. The molecule has 5 heteroatoms. The number of carbonyl (C=O) groups is 1. The largest absolute Gasteiger partial charge is 0.339 e. The maximum absolute atomic E-state index is 12.6. The van der Waals surface area contributed by atoms with Crippen LogP contribution in [0.25, 0.3) is 17.5 Å². The van der Waals surface area contributed by atoms with Crippen molar-refractivity contribution in [3.63, 3.8) is 0 Å². The van der Waals surface area contributed by atoms with Crippen LogP contribution in [-0.4, -0.2) is 34.0 Å². The lowest BCUT2D eigenvalue weighted by Crippen LogP contribution is -2.32. The smallest absolute Gasteiger partial charge is 0.246 e. The van der Waals surface area contributed by atoms with E-state index in [0.717, 1.165) is 17.5 Å². The summed E-state index contributed by atoms with van der Waals surface area (Å²) in [5.41, 5.74) is 3.12. The Labute approximate surface area is 165 Å². The van der Waals surface area contributed by atoms with E-state index >= 15 is 0 Å². The molecule has 0 radical (unpaired) electrons. The molecule has 3 aromatic rings. The van der Waals surface area contributed by atoms with Gasteiger partial charge < -0.3 is 9.42 Å². The van der Waals surface area contributed by atoms with Crippen molar-refractivity contribution in [1.29, 1.82) is 0 Å². The van der Waals surface area contributed by atoms with Gasteiger partial charge in [-0.1, -0.05) is 72.2 Å². The van der Waals surface area contributed by atoms with Crippen LogP contribution >= 0.6 is 0 Å². The molecule has 3 rings (SSSR count). The first kappa shape index (κ1) is 19.5. The van der Waals surface area contributed by atoms with Crippen LogP contribution in [-0.2, 0) is 11.2 Å². The molecular weight excluding hydrogens is 350 g/mol. The topological polar surface area (TPSA) is 59.2 Å². The quantitative estimate of drug-likeness (QED) is 0.542. The zero-order valence-electron chi connectivity index (χ0n) is 16.3. The van der Waals surface area contributed by atoms with E-state index in [1.54, 1.807) is 6.08 Å². The summed E-state index contributed by atoms with van der Waals surface area (Å²) >= 11 is 0. The van der Waals surface area contributed by atoms with Gasteiger partial charge in [-0.25, -0.2) is 0 Å². The highest BCUT2D eigenvalue weighted by atomic mass is 16.5. The lowest BCUT2D eigenvalue weighted by Gasteiger charge is -2.19. The molecule has 0 N–H and O–H groups in total. The molecule has 5 nitrogen and oxygen atoms in total. The second-order valence-electron chi connectivity index (χ2n) is 6.70. The fourth-order valence-electron chi connectivity index (χ4n) is 2.85. The van der Waals surface area contributed by atoms with Crippen LogP contribution < -0.4 is 0 Å². The molecule has 144 valence electrons. The predicted molar refractivity (Wildman–Crippen MR) is 111 cm³/mol. The summed E-state index contributed by atoms with van der Waals surface area (Å²) in [4.78, 5) is 18.8. The third-order valence-corrected chi connectivity index (χ3v) is 4.40. The van der Waals surface area contributed by atoms with Crippen molar-refractivity contribution >= 4 is 12.0 Å². The molecule has 1 amide bonds. The average Bonchev–Trinajstić information content (AvgIpc) is 3.19. The van der Waals surface area contributed by atoms with Crippen molar-refractivity contribution in [2.24, 2.45) is 0 Å². The molecule has 0 unspecified atom stereocenters. The first-order chi connectivity index (χ1) is 13.7. The zero-order valence-corrected chi connectivity index (χ0v) is 16.3. The Morgan fingerprint density at radius 2 is 1.82 bits per heavy atom. The zero-order chi connectivity index (χ0) is 19.8. The lowest BCUT2D eigenvalue weighted by atomic mass is 10.1. The fraction of sp³-hybridized carbons (Fsp3) is 0.261. The number of amides is 1. The fourth-order valence-corrected chi connectivity index (χ4v) is 2.85. The van der Waals surface area contributed by atoms with Crippen LogP contribution in [0.4, 0.5) is 0 Å². The van der Waals surface area contributed by atoms with Gasteiger partial charge in [0.15, 0.2) is 0 Å². The number of benzene rings is 2. The minimum absolute atomic E-state index is 0.0102. The second kappa shape index (κ2) is 9.65. The van der Waals surface area contributed by atoms with E-state index in [0.29, 0.717) is 31.2 Å². The molecule has 0 aliphatic carbocycles. The van der Waals surface area contributed by atoms with Crippen LogP contribution in [0, 0.1) is 6.92 Å². The summed E-state index contributed by atoms with van der Waals surface area (Å²) in [5, 5.41) is 4.06.